The summed E-state index contributed by atoms with van der Waals surface area (Å²) in [5.74, 6) is -1.10. The van der Waals surface area contributed by atoms with Gasteiger partial charge in [-0.2, -0.15) is 0 Å². The van der Waals surface area contributed by atoms with Gasteiger partial charge in [0.25, 0.3) is 0 Å². The van der Waals surface area contributed by atoms with E-state index in [0.717, 1.165) is 27.9 Å². The molecule has 0 saturated heterocycles. The Morgan fingerprint density at radius 1 is 1.06 bits per heavy atom. The van der Waals surface area contributed by atoms with Gasteiger partial charge in [0.2, 0.25) is 0 Å². The van der Waals surface area contributed by atoms with Gasteiger partial charge in [0.05, 0.1) is 13.7 Å². The van der Waals surface area contributed by atoms with Gasteiger partial charge in [-0.25, -0.2) is 4.79 Å². The number of carbonyl (C=O) groups excluding carboxylic acids is 1. The van der Waals surface area contributed by atoms with Crippen LogP contribution in [0.15, 0.2) is 0 Å². The summed E-state index contributed by atoms with van der Waals surface area (Å²) >= 11 is 0. The number of aliphatic hydroxyl groups is 4. The molecule has 4 N–H and O–H groups in total. The molecule has 0 spiro atoms. The first kappa shape index (κ1) is 29.6. The number of methoxy groups -OCH3 is 1. The molecule has 3 atom stereocenters. The second kappa shape index (κ2) is 11.2. The molecule has 18 heavy (non-hydrogen) atoms. The Morgan fingerprint density at radius 2 is 1.39 bits per heavy atom. The van der Waals surface area contributed by atoms with Gasteiger partial charge in [-0.3, -0.25) is 0 Å². The van der Waals surface area contributed by atoms with Crippen LogP contribution >= 0.6 is 0 Å². The molecule has 0 rings (SSSR count). The van der Waals surface area contributed by atoms with E-state index in [9.17, 15) is 20.1 Å². The minimum atomic E-state index is -2.33. The first-order chi connectivity index (χ1) is 6.54. The van der Waals surface area contributed by atoms with Gasteiger partial charge in [0, 0.05) is 132 Å². The van der Waals surface area contributed by atoms with Crippen molar-refractivity contribution in [3.63, 3.8) is 0 Å². The molecule has 0 saturated carbocycles. The molecule has 0 amide bonds. The van der Waals surface area contributed by atoms with Crippen molar-refractivity contribution in [2.45, 2.75) is 37.6 Å². The van der Waals surface area contributed by atoms with Crippen LogP contribution in [0.5, 0.6) is 0 Å². The van der Waals surface area contributed by atoms with Crippen LogP contribution in [0.2, 0.25) is 0 Å². The summed E-state index contributed by atoms with van der Waals surface area (Å²) < 4.78 is 4.30. The van der Waals surface area contributed by atoms with E-state index in [0.29, 0.717) is 0 Å². The fourth-order valence-electron chi connectivity index (χ4n) is 1.08. The Kier molecular flexibility index (Phi) is 18.5. The van der Waals surface area contributed by atoms with Crippen molar-refractivity contribution >= 4 is 5.97 Å². The average Bonchev–Trinajstić information content (AvgIpc) is 2.15. The number of carbonyl (C=O) groups is 1. The maximum Gasteiger partial charge on any atom is 0.340 e. The topological polar surface area (TPSA) is 107 Å². The standard InChI is InChI=1S/C9H18O6.3Ac/c1-7(12,5-10)9(3,14)8(2,13)6(11)15-4;;;/h10,12-14H,5H2,1-4H3;;;. The SMILES string of the molecule is COC(=O)C(C)(O)C(C)(O)C(C)(O)CO.[Ac].[Ac].[Ac]. The van der Waals surface area contributed by atoms with Crippen molar-refractivity contribution in [3.05, 3.63) is 0 Å². The third-order valence-corrected chi connectivity index (χ3v) is 2.89. The number of hydrogen-bond donors (Lipinski definition) is 4. The van der Waals surface area contributed by atoms with E-state index >= 15 is 0 Å². The molecule has 6 nitrogen and oxygen atoms in total. The van der Waals surface area contributed by atoms with Crippen LogP contribution in [-0.4, -0.2) is 56.9 Å². The largest absolute Gasteiger partial charge is 0.467 e. The predicted octanol–water partition coefficient (Wildman–Crippen LogP) is -1.60. The van der Waals surface area contributed by atoms with E-state index in [-0.39, 0.29) is 132 Å². The van der Waals surface area contributed by atoms with Crippen LogP contribution in [0.3, 0.4) is 0 Å². The maximum atomic E-state index is 11.2. The molecule has 0 aliphatic heterocycles. The molecular weight excluding hydrogens is 885 g/mol. The van der Waals surface area contributed by atoms with Crippen LogP contribution in [-0.2, 0) is 9.53 Å². The Bertz CT molecular complexity index is 255. The van der Waals surface area contributed by atoms with Crippen LogP contribution in [0, 0.1) is 132 Å². The summed E-state index contributed by atoms with van der Waals surface area (Å²) in [4.78, 5) is 11.2. The van der Waals surface area contributed by atoms with Crippen molar-refractivity contribution in [3.8, 4) is 0 Å². The molecule has 9 heteroatoms. The third-order valence-electron chi connectivity index (χ3n) is 2.89. The fraction of sp³-hybridized carbons (Fsp3) is 0.889. The summed E-state index contributed by atoms with van der Waals surface area (Å²) in [5, 5.41) is 38.2. The molecule has 0 fully saturated rings. The molecule has 0 heterocycles. The first-order valence-corrected chi connectivity index (χ1v) is 4.41. The monoisotopic (exact) mass is 903 g/mol. The number of rotatable bonds is 4. The Morgan fingerprint density at radius 3 is 1.61 bits per heavy atom. The summed E-state index contributed by atoms with van der Waals surface area (Å²) in [6, 6.07) is 0. The number of aliphatic hydroxyl groups excluding tert-OH is 1. The minimum absolute atomic E-state index is 0. The predicted molar refractivity (Wildman–Crippen MR) is 51.0 cm³/mol. The molecule has 3 unspecified atom stereocenters. The summed E-state index contributed by atoms with van der Waals surface area (Å²) in [6.45, 7) is 2.33. The van der Waals surface area contributed by atoms with E-state index in [1.165, 1.54) is 0 Å². The molecule has 99 valence electrons. The smallest absolute Gasteiger partial charge is 0.340 e. The Hall–Kier alpha value is 3.63. The normalized spacial score (nSPS) is 19.6. The van der Waals surface area contributed by atoms with Crippen molar-refractivity contribution in [1.29, 1.82) is 0 Å². The number of esters is 1. The Balaban J connectivity index is -0.000000327. The van der Waals surface area contributed by atoms with Gasteiger partial charge in [-0.1, -0.05) is 0 Å². The fourth-order valence-corrected chi connectivity index (χ4v) is 1.08. The quantitative estimate of drug-likeness (QED) is 0.254. The zero-order valence-electron chi connectivity index (χ0n) is 11.0. The summed E-state index contributed by atoms with van der Waals surface area (Å²) in [5.41, 5.74) is -6.61. The van der Waals surface area contributed by atoms with Crippen LogP contribution < -0.4 is 0 Å². The summed E-state index contributed by atoms with van der Waals surface area (Å²) in [7, 11) is 1.04. The van der Waals surface area contributed by atoms with Crippen LogP contribution in [0.4, 0.5) is 0 Å². The second-order valence-corrected chi connectivity index (χ2v) is 4.07. The third kappa shape index (κ3) is 6.40. The molecule has 0 bridgehead atoms. The molecule has 3 radical (unpaired) electrons. The van der Waals surface area contributed by atoms with Gasteiger partial charge in [-0.15, -0.1) is 0 Å². The van der Waals surface area contributed by atoms with Gasteiger partial charge in [0.15, 0.2) is 5.60 Å². The van der Waals surface area contributed by atoms with Gasteiger partial charge >= 0.3 is 5.97 Å². The zero-order valence-corrected chi connectivity index (χ0v) is 25.3. The van der Waals surface area contributed by atoms with E-state index < -0.39 is 29.4 Å². The summed E-state index contributed by atoms with van der Waals surface area (Å²) in [6.07, 6.45) is 0. The van der Waals surface area contributed by atoms with Crippen LogP contribution in [0.1, 0.15) is 20.8 Å². The van der Waals surface area contributed by atoms with Gasteiger partial charge in [0.1, 0.15) is 11.2 Å². The van der Waals surface area contributed by atoms with Crippen molar-refractivity contribution < 1.29 is 162 Å². The molecule has 0 aliphatic rings. The molecular formula is C9H18Ac3O6. The maximum absolute atomic E-state index is 11.2. The Labute approximate surface area is 214 Å². The number of hydrogen-bond acceptors (Lipinski definition) is 6. The van der Waals surface area contributed by atoms with E-state index in [4.69, 9.17) is 5.11 Å². The average molecular weight is 903 g/mol. The van der Waals surface area contributed by atoms with Gasteiger partial charge in [-0.05, 0) is 20.8 Å². The zero-order chi connectivity index (χ0) is 12.5. The van der Waals surface area contributed by atoms with Crippen LogP contribution in [0.25, 0.3) is 0 Å². The number of ether oxygens (including phenoxy) is 1. The van der Waals surface area contributed by atoms with Gasteiger partial charge < -0.3 is 25.2 Å². The first-order valence-electron chi connectivity index (χ1n) is 4.41. The molecule has 0 aromatic carbocycles. The van der Waals surface area contributed by atoms with Crippen molar-refractivity contribution in [2.75, 3.05) is 13.7 Å². The minimum Gasteiger partial charge on any atom is -0.467 e. The van der Waals surface area contributed by atoms with E-state index in [2.05, 4.69) is 4.74 Å². The molecule has 0 aromatic rings. The second-order valence-electron chi connectivity index (χ2n) is 4.07. The van der Waals surface area contributed by atoms with E-state index in [1.54, 1.807) is 0 Å². The van der Waals surface area contributed by atoms with E-state index in [1.807, 2.05) is 0 Å². The van der Waals surface area contributed by atoms with Crippen molar-refractivity contribution in [2.24, 2.45) is 0 Å². The molecule has 0 aliphatic carbocycles. The molecule has 0 aromatic heterocycles. The van der Waals surface area contributed by atoms with Crippen molar-refractivity contribution in [1.82, 2.24) is 0 Å².